The summed E-state index contributed by atoms with van der Waals surface area (Å²) in [6.07, 6.45) is 1.74. The first-order valence-corrected chi connectivity index (χ1v) is 6.82. The maximum Gasteiger partial charge on any atom is 0.219 e. The van der Waals surface area contributed by atoms with Crippen LogP contribution in [0.25, 0.3) is 11.1 Å². The number of hydrogen-bond acceptors (Lipinski definition) is 3. The van der Waals surface area contributed by atoms with Crippen LogP contribution in [0.3, 0.4) is 0 Å². The van der Waals surface area contributed by atoms with Gasteiger partial charge in [0.2, 0.25) is 5.88 Å². The molecule has 1 N–H and O–H groups in total. The minimum atomic E-state index is 0.585. The molecule has 0 aliphatic rings. The molecule has 0 fully saturated rings. The van der Waals surface area contributed by atoms with Crippen LogP contribution in [0.5, 0.6) is 11.6 Å². The average molecular weight is 276 g/mol. The normalized spacial score (nSPS) is 10.1. The van der Waals surface area contributed by atoms with E-state index < -0.39 is 0 Å². The number of ether oxygens (including phenoxy) is 1. The predicted octanol–water partition coefficient (Wildman–Crippen LogP) is 4.58. The number of aromatic nitrogens is 1. The lowest BCUT2D eigenvalue weighted by Gasteiger charge is -2.07. The van der Waals surface area contributed by atoms with Crippen LogP contribution in [-0.4, -0.2) is 12.0 Å². The molecule has 0 bridgehead atoms. The van der Waals surface area contributed by atoms with E-state index >= 15 is 0 Å². The summed E-state index contributed by atoms with van der Waals surface area (Å²) in [7, 11) is 1.86. The zero-order valence-corrected chi connectivity index (χ0v) is 11.8. The fourth-order valence-electron chi connectivity index (χ4n) is 2.06. The van der Waals surface area contributed by atoms with E-state index in [1.54, 1.807) is 6.20 Å². The highest BCUT2D eigenvalue weighted by Gasteiger charge is 2.01. The molecular formula is C18H16N2O. The molecule has 0 spiro atoms. The number of nitrogens with one attached hydrogen (secondary N) is 1. The van der Waals surface area contributed by atoms with E-state index in [4.69, 9.17) is 4.74 Å². The highest BCUT2D eigenvalue weighted by atomic mass is 16.5. The predicted molar refractivity (Wildman–Crippen MR) is 85.7 cm³/mol. The number of hydrogen-bond donors (Lipinski definition) is 1. The van der Waals surface area contributed by atoms with Crippen LogP contribution >= 0.6 is 0 Å². The van der Waals surface area contributed by atoms with Gasteiger partial charge < -0.3 is 10.1 Å². The Morgan fingerprint density at radius 2 is 1.52 bits per heavy atom. The van der Waals surface area contributed by atoms with Crippen molar-refractivity contribution in [2.45, 2.75) is 0 Å². The average Bonchev–Trinajstić information content (AvgIpc) is 2.57. The first kappa shape index (κ1) is 13.2. The van der Waals surface area contributed by atoms with Crippen LogP contribution in [0.15, 0.2) is 72.9 Å². The summed E-state index contributed by atoms with van der Waals surface area (Å²) in [5.41, 5.74) is 3.32. The quantitative estimate of drug-likeness (QED) is 0.757. The lowest BCUT2D eigenvalue weighted by molar-refractivity contribution is 0.463. The van der Waals surface area contributed by atoms with Gasteiger partial charge in [0.15, 0.2) is 0 Å². The fraction of sp³-hybridized carbons (Fsp3) is 0.0556. The molecule has 0 atom stereocenters. The van der Waals surface area contributed by atoms with Crippen molar-refractivity contribution in [1.29, 1.82) is 0 Å². The Kier molecular flexibility index (Phi) is 3.83. The van der Waals surface area contributed by atoms with E-state index in [1.807, 2.05) is 61.6 Å². The molecule has 3 heteroatoms. The molecule has 104 valence electrons. The topological polar surface area (TPSA) is 34.1 Å². The summed E-state index contributed by atoms with van der Waals surface area (Å²) in [6, 6.07) is 22.0. The van der Waals surface area contributed by atoms with Crippen LogP contribution in [-0.2, 0) is 0 Å². The zero-order chi connectivity index (χ0) is 14.5. The summed E-state index contributed by atoms with van der Waals surface area (Å²) in [5, 5.41) is 3.03. The van der Waals surface area contributed by atoms with E-state index in [0.29, 0.717) is 5.88 Å². The lowest BCUT2D eigenvalue weighted by atomic mass is 10.1. The van der Waals surface area contributed by atoms with Gasteiger partial charge in [-0.2, -0.15) is 0 Å². The molecule has 0 radical (unpaired) electrons. The minimum absolute atomic E-state index is 0.585. The first-order valence-electron chi connectivity index (χ1n) is 6.82. The third kappa shape index (κ3) is 3.20. The first-order chi connectivity index (χ1) is 10.3. The molecule has 0 saturated heterocycles. The summed E-state index contributed by atoms with van der Waals surface area (Å²) in [6.45, 7) is 0. The Labute approximate surface area is 124 Å². The van der Waals surface area contributed by atoms with Gasteiger partial charge in [-0.15, -0.1) is 0 Å². The van der Waals surface area contributed by atoms with E-state index in [2.05, 4.69) is 22.4 Å². The van der Waals surface area contributed by atoms with Gasteiger partial charge in [-0.05, 0) is 29.3 Å². The van der Waals surface area contributed by atoms with E-state index in [9.17, 15) is 0 Å². The van der Waals surface area contributed by atoms with Crippen molar-refractivity contribution >= 4 is 5.69 Å². The van der Waals surface area contributed by atoms with Crippen LogP contribution in [0.1, 0.15) is 0 Å². The van der Waals surface area contributed by atoms with Gasteiger partial charge in [-0.3, -0.25) is 0 Å². The molecule has 0 amide bonds. The van der Waals surface area contributed by atoms with Crippen molar-refractivity contribution < 1.29 is 4.74 Å². The molecule has 21 heavy (non-hydrogen) atoms. The highest BCUT2D eigenvalue weighted by molar-refractivity contribution is 5.64. The second-order valence-electron chi connectivity index (χ2n) is 4.63. The monoisotopic (exact) mass is 276 g/mol. The molecule has 2 aromatic carbocycles. The molecule has 0 aliphatic heterocycles. The van der Waals surface area contributed by atoms with Gasteiger partial charge in [0.25, 0.3) is 0 Å². The van der Waals surface area contributed by atoms with Crippen LogP contribution < -0.4 is 10.1 Å². The maximum absolute atomic E-state index is 5.73. The van der Waals surface area contributed by atoms with Crippen molar-refractivity contribution in [2.24, 2.45) is 0 Å². The SMILES string of the molecule is CNc1ccc(Oc2ccc(-c3ccccc3)cc2)nc1. The van der Waals surface area contributed by atoms with Crippen LogP contribution in [0.4, 0.5) is 5.69 Å². The molecule has 0 saturated carbocycles. The van der Waals surface area contributed by atoms with Crippen LogP contribution in [0, 0.1) is 0 Å². The Balaban J connectivity index is 1.75. The van der Waals surface area contributed by atoms with E-state index in [-0.39, 0.29) is 0 Å². The van der Waals surface area contributed by atoms with Gasteiger partial charge in [0.05, 0.1) is 11.9 Å². The molecule has 1 heterocycles. The van der Waals surface area contributed by atoms with E-state index in [1.165, 1.54) is 11.1 Å². The maximum atomic E-state index is 5.73. The Morgan fingerprint density at radius 1 is 0.810 bits per heavy atom. The molecule has 3 rings (SSSR count). The number of pyridine rings is 1. The highest BCUT2D eigenvalue weighted by Crippen LogP contribution is 2.25. The number of benzene rings is 2. The molecule has 3 nitrogen and oxygen atoms in total. The third-order valence-electron chi connectivity index (χ3n) is 3.21. The molecule has 0 aliphatic carbocycles. The smallest absolute Gasteiger partial charge is 0.219 e. The Hall–Kier alpha value is -2.81. The Bertz CT molecular complexity index is 692. The van der Waals surface area contributed by atoms with Crippen molar-refractivity contribution in [3.63, 3.8) is 0 Å². The molecular weight excluding hydrogens is 260 g/mol. The third-order valence-corrected chi connectivity index (χ3v) is 3.21. The van der Waals surface area contributed by atoms with Gasteiger partial charge in [-0.1, -0.05) is 42.5 Å². The number of anilines is 1. The van der Waals surface area contributed by atoms with Gasteiger partial charge >= 0.3 is 0 Å². The van der Waals surface area contributed by atoms with Crippen molar-refractivity contribution in [3.05, 3.63) is 72.9 Å². The summed E-state index contributed by atoms with van der Waals surface area (Å²) in [4.78, 5) is 4.24. The van der Waals surface area contributed by atoms with Crippen LogP contribution in [0.2, 0.25) is 0 Å². The van der Waals surface area contributed by atoms with Crippen molar-refractivity contribution in [1.82, 2.24) is 4.98 Å². The van der Waals surface area contributed by atoms with Crippen molar-refractivity contribution in [2.75, 3.05) is 12.4 Å². The second kappa shape index (κ2) is 6.09. The van der Waals surface area contributed by atoms with Gasteiger partial charge in [0.1, 0.15) is 5.75 Å². The molecule has 1 aromatic heterocycles. The number of nitrogens with zero attached hydrogens (tertiary/aromatic N) is 1. The van der Waals surface area contributed by atoms with Crippen molar-refractivity contribution in [3.8, 4) is 22.8 Å². The summed E-state index contributed by atoms with van der Waals surface area (Å²) in [5.74, 6) is 1.36. The Morgan fingerprint density at radius 3 is 2.14 bits per heavy atom. The zero-order valence-electron chi connectivity index (χ0n) is 11.8. The number of rotatable bonds is 4. The minimum Gasteiger partial charge on any atom is -0.439 e. The second-order valence-corrected chi connectivity index (χ2v) is 4.63. The fourth-order valence-corrected chi connectivity index (χ4v) is 2.06. The molecule has 3 aromatic rings. The van der Waals surface area contributed by atoms with Gasteiger partial charge in [-0.25, -0.2) is 4.98 Å². The standard InChI is InChI=1S/C18H16N2O/c1-19-16-9-12-18(20-13-16)21-17-10-7-15(8-11-17)14-5-3-2-4-6-14/h2-13,19H,1H3. The van der Waals surface area contributed by atoms with E-state index in [0.717, 1.165) is 11.4 Å². The summed E-state index contributed by atoms with van der Waals surface area (Å²) < 4.78 is 5.73. The largest absolute Gasteiger partial charge is 0.439 e. The van der Waals surface area contributed by atoms with Gasteiger partial charge in [0, 0.05) is 13.1 Å². The molecule has 0 unspecified atom stereocenters. The summed E-state index contributed by atoms with van der Waals surface area (Å²) >= 11 is 0. The lowest BCUT2D eigenvalue weighted by Crippen LogP contribution is -1.91.